The van der Waals surface area contributed by atoms with Crippen molar-refractivity contribution in [2.45, 2.75) is 39.5 Å². The monoisotopic (exact) mass is 245 g/mol. The average molecular weight is 245 g/mol. The van der Waals surface area contributed by atoms with Crippen LogP contribution in [-0.4, -0.2) is 13.0 Å². The molecule has 1 rings (SSSR count). The van der Waals surface area contributed by atoms with Gasteiger partial charge in [0.2, 0.25) is 5.91 Å². The van der Waals surface area contributed by atoms with Crippen LogP contribution in [-0.2, 0) is 4.79 Å². The van der Waals surface area contributed by atoms with Gasteiger partial charge in [-0.1, -0.05) is 49.2 Å². The number of amides is 1. The van der Waals surface area contributed by atoms with Gasteiger partial charge in [0.1, 0.15) is 0 Å². The number of unbranched alkanes of at least 4 members (excludes halogenated alkanes) is 1. The fraction of sp³-hybridized carbons (Fsp3) is 0.438. The lowest BCUT2D eigenvalue weighted by molar-refractivity contribution is -0.119. The first kappa shape index (κ1) is 14.5. The topological polar surface area (TPSA) is 29.1 Å². The number of rotatable bonds is 6. The van der Waals surface area contributed by atoms with E-state index in [2.05, 4.69) is 31.3 Å². The van der Waals surface area contributed by atoms with Crippen molar-refractivity contribution in [3.05, 3.63) is 41.5 Å². The van der Waals surface area contributed by atoms with Gasteiger partial charge in [0, 0.05) is 7.05 Å². The Morgan fingerprint density at radius 3 is 2.44 bits per heavy atom. The van der Waals surface area contributed by atoms with Gasteiger partial charge in [0.05, 0.1) is 6.42 Å². The largest absolute Gasteiger partial charge is 0.359 e. The number of carbonyl (C=O) groups excluding carboxylic acids is 1. The van der Waals surface area contributed by atoms with Crippen LogP contribution < -0.4 is 5.32 Å². The van der Waals surface area contributed by atoms with E-state index in [1.54, 1.807) is 7.05 Å². The van der Waals surface area contributed by atoms with Gasteiger partial charge in [-0.05, 0) is 30.9 Å². The van der Waals surface area contributed by atoms with Crippen molar-refractivity contribution < 1.29 is 4.79 Å². The summed E-state index contributed by atoms with van der Waals surface area (Å²) in [6.07, 6.45) is 3.89. The molecule has 2 heteroatoms. The zero-order valence-electron chi connectivity index (χ0n) is 11.6. The molecule has 0 heterocycles. The summed E-state index contributed by atoms with van der Waals surface area (Å²) in [4.78, 5) is 11.6. The molecule has 0 aliphatic rings. The van der Waals surface area contributed by atoms with Crippen molar-refractivity contribution in [1.82, 2.24) is 5.32 Å². The number of hydrogen-bond acceptors (Lipinski definition) is 1. The Bertz CT molecular complexity index is 406. The van der Waals surface area contributed by atoms with Gasteiger partial charge >= 0.3 is 0 Å². The highest BCUT2D eigenvalue weighted by molar-refractivity contribution is 5.89. The Balaban J connectivity index is 2.98. The molecule has 0 saturated carbocycles. The molecule has 98 valence electrons. The lowest BCUT2D eigenvalue weighted by Gasteiger charge is -2.12. The molecule has 0 bridgehead atoms. The van der Waals surface area contributed by atoms with Crippen molar-refractivity contribution in [3.63, 3.8) is 0 Å². The van der Waals surface area contributed by atoms with Gasteiger partial charge in [0.15, 0.2) is 0 Å². The fourth-order valence-electron chi connectivity index (χ4n) is 1.98. The van der Waals surface area contributed by atoms with E-state index in [-0.39, 0.29) is 5.91 Å². The first-order valence-corrected chi connectivity index (χ1v) is 6.63. The van der Waals surface area contributed by atoms with Crippen molar-refractivity contribution in [1.29, 1.82) is 0 Å². The van der Waals surface area contributed by atoms with E-state index >= 15 is 0 Å². The molecule has 0 unspecified atom stereocenters. The maximum Gasteiger partial charge on any atom is 0.224 e. The number of allylic oxidation sites excluding steroid dienone is 1. The van der Waals surface area contributed by atoms with Crippen molar-refractivity contribution in [2.75, 3.05) is 7.05 Å². The predicted molar refractivity (Wildman–Crippen MR) is 77.2 cm³/mol. The van der Waals surface area contributed by atoms with Gasteiger partial charge in [-0.2, -0.15) is 0 Å². The van der Waals surface area contributed by atoms with Gasteiger partial charge in [-0.15, -0.1) is 0 Å². The Labute approximate surface area is 110 Å². The summed E-state index contributed by atoms with van der Waals surface area (Å²) in [7, 11) is 1.69. The molecule has 2 nitrogen and oxygen atoms in total. The summed E-state index contributed by atoms with van der Waals surface area (Å²) >= 11 is 0. The van der Waals surface area contributed by atoms with Crippen LogP contribution in [0.5, 0.6) is 0 Å². The molecular weight excluding hydrogens is 222 g/mol. The summed E-state index contributed by atoms with van der Waals surface area (Å²) in [5.74, 6) is 0.0738. The lowest BCUT2D eigenvalue weighted by atomic mass is 9.94. The standard InChI is InChI=1S/C16H23NO/c1-4-5-9-13(2)15(12-16(18)17-3)14-10-7-6-8-11-14/h6-8,10-11H,4-5,9,12H2,1-3H3,(H,17,18)/b15-13-. The fourth-order valence-corrected chi connectivity index (χ4v) is 1.98. The quantitative estimate of drug-likeness (QED) is 0.811. The van der Waals surface area contributed by atoms with Crippen LogP contribution in [0, 0.1) is 0 Å². The lowest BCUT2D eigenvalue weighted by Crippen LogP contribution is -2.18. The molecule has 1 aromatic carbocycles. The zero-order valence-corrected chi connectivity index (χ0v) is 11.6. The maximum atomic E-state index is 11.6. The Kier molecular flexibility index (Phi) is 6.20. The average Bonchev–Trinajstić information content (AvgIpc) is 2.42. The number of benzene rings is 1. The van der Waals surface area contributed by atoms with Crippen LogP contribution in [0.4, 0.5) is 0 Å². The summed E-state index contributed by atoms with van der Waals surface area (Å²) in [6.45, 7) is 4.33. The highest BCUT2D eigenvalue weighted by Crippen LogP contribution is 2.25. The van der Waals surface area contributed by atoms with Gasteiger partial charge in [-0.3, -0.25) is 4.79 Å². The predicted octanol–water partition coefficient (Wildman–Crippen LogP) is 3.79. The molecule has 18 heavy (non-hydrogen) atoms. The molecule has 0 aromatic heterocycles. The third-order valence-electron chi connectivity index (χ3n) is 3.16. The van der Waals surface area contributed by atoms with E-state index in [1.807, 2.05) is 18.2 Å². The first-order valence-electron chi connectivity index (χ1n) is 6.63. The normalized spacial score (nSPS) is 11.9. The molecule has 0 radical (unpaired) electrons. The van der Waals surface area contributed by atoms with Crippen LogP contribution >= 0.6 is 0 Å². The Morgan fingerprint density at radius 1 is 1.22 bits per heavy atom. The molecule has 0 atom stereocenters. The minimum atomic E-state index is 0.0738. The van der Waals surface area contributed by atoms with E-state index in [9.17, 15) is 4.79 Å². The Hall–Kier alpha value is -1.57. The summed E-state index contributed by atoms with van der Waals surface area (Å²) in [6, 6.07) is 10.2. The van der Waals surface area contributed by atoms with E-state index < -0.39 is 0 Å². The second-order valence-corrected chi connectivity index (χ2v) is 4.58. The maximum absolute atomic E-state index is 11.6. The third kappa shape index (κ3) is 4.36. The van der Waals surface area contributed by atoms with Crippen molar-refractivity contribution in [2.24, 2.45) is 0 Å². The molecule has 1 aromatic rings. The molecule has 0 fully saturated rings. The SMILES string of the molecule is CCCC/C(C)=C(/CC(=O)NC)c1ccccc1. The molecule has 0 spiro atoms. The highest BCUT2D eigenvalue weighted by atomic mass is 16.1. The second kappa shape index (κ2) is 7.70. The van der Waals surface area contributed by atoms with Crippen LogP contribution in [0.15, 0.2) is 35.9 Å². The summed E-state index contributed by atoms with van der Waals surface area (Å²) in [5.41, 5.74) is 3.66. The molecule has 0 aliphatic heterocycles. The second-order valence-electron chi connectivity index (χ2n) is 4.58. The number of hydrogen-bond donors (Lipinski definition) is 1. The summed E-state index contributed by atoms with van der Waals surface area (Å²) in [5, 5.41) is 2.70. The Morgan fingerprint density at radius 2 is 1.89 bits per heavy atom. The third-order valence-corrected chi connectivity index (χ3v) is 3.16. The minimum Gasteiger partial charge on any atom is -0.359 e. The molecule has 1 amide bonds. The van der Waals surface area contributed by atoms with Gasteiger partial charge < -0.3 is 5.32 Å². The van der Waals surface area contributed by atoms with E-state index in [0.717, 1.165) is 12.0 Å². The highest BCUT2D eigenvalue weighted by Gasteiger charge is 2.09. The van der Waals surface area contributed by atoms with Crippen LogP contribution in [0.25, 0.3) is 5.57 Å². The summed E-state index contributed by atoms with van der Waals surface area (Å²) < 4.78 is 0. The van der Waals surface area contributed by atoms with E-state index in [0.29, 0.717) is 6.42 Å². The molecular formula is C16H23NO. The van der Waals surface area contributed by atoms with Gasteiger partial charge in [-0.25, -0.2) is 0 Å². The number of nitrogens with one attached hydrogen (secondary N) is 1. The van der Waals surface area contributed by atoms with Crippen molar-refractivity contribution >= 4 is 11.5 Å². The first-order chi connectivity index (χ1) is 8.69. The van der Waals surface area contributed by atoms with Crippen molar-refractivity contribution in [3.8, 4) is 0 Å². The van der Waals surface area contributed by atoms with Crippen LogP contribution in [0.1, 0.15) is 45.1 Å². The van der Waals surface area contributed by atoms with E-state index in [1.165, 1.54) is 24.0 Å². The van der Waals surface area contributed by atoms with Gasteiger partial charge in [0.25, 0.3) is 0 Å². The zero-order chi connectivity index (χ0) is 13.4. The smallest absolute Gasteiger partial charge is 0.224 e. The number of carbonyl (C=O) groups is 1. The minimum absolute atomic E-state index is 0.0738. The molecule has 0 saturated heterocycles. The van der Waals surface area contributed by atoms with Crippen LogP contribution in [0.2, 0.25) is 0 Å². The van der Waals surface area contributed by atoms with E-state index in [4.69, 9.17) is 0 Å². The van der Waals surface area contributed by atoms with Crippen LogP contribution in [0.3, 0.4) is 0 Å². The molecule has 1 N–H and O–H groups in total. The molecule has 0 aliphatic carbocycles.